The summed E-state index contributed by atoms with van der Waals surface area (Å²) in [7, 11) is 3.49. The molecule has 2 fully saturated rings. The second-order valence-corrected chi connectivity index (χ2v) is 8.64. The van der Waals surface area contributed by atoms with Crippen molar-refractivity contribution < 1.29 is 9.47 Å². The van der Waals surface area contributed by atoms with E-state index in [1.165, 1.54) is 0 Å². The Morgan fingerprint density at radius 2 is 2.00 bits per heavy atom. The fraction of sp³-hybridized carbons (Fsp3) is 0.348. The molecule has 2 aliphatic heterocycles. The van der Waals surface area contributed by atoms with Crippen molar-refractivity contribution in [3.8, 4) is 17.0 Å². The van der Waals surface area contributed by atoms with Crippen molar-refractivity contribution in [3.63, 3.8) is 0 Å². The summed E-state index contributed by atoms with van der Waals surface area (Å²) >= 11 is 0. The van der Waals surface area contributed by atoms with Crippen molar-refractivity contribution in [2.45, 2.75) is 18.9 Å². The molecule has 2 saturated heterocycles. The first-order chi connectivity index (χ1) is 16.0. The molecule has 0 unspecified atom stereocenters. The molecular formula is C23H24N8O2. The van der Waals surface area contributed by atoms with Crippen LogP contribution in [0.25, 0.3) is 22.2 Å². The number of pyridine rings is 1. The molecule has 6 rings (SSSR count). The monoisotopic (exact) mass is 444 g/mol. The van der Waals surface area contributed by atoms with E-state index in [1.54, 1.807) is 18.0 Å². The van der Waals surface area contributed by atoms with Crippen molar-refractivity contribution in [1.82, 2.24) is 29.9 Å². The lowest BCUT2D eigenvalue weighted by molar-refractivity contribution is -0.161. The maximum absolute atomic E-state index is 5.78. The molecule has 0 amide bonds. The van der Waals surface area contributed by atoms with Crippen molar-refractivity contribution in [2.24, 2.45) is 7.05 Å². The van der Waals surface area contributed by atoms with Crippen LogP contribution < -0.4 is 15.0 Å². The van der Waals surface area contributed by atoms with Crippen molar-refractivity contribution >= 4 is 28.4 Å². The highest BCUT2D eigenvalue weighted by Gasteiger charge is 2.50. The third-order valence-corrected chi connectivity index (χ3v) is 6.36. The zero-order valence-corrected chi connectivity index (χ0v) is 18.7. The minimum Gasteiger partial charge on any atom is -0.495 e. The summed E-state index contributed by atoms with van der Waals surface area (Å²) < 4.78 is 13.1. The van der Waals surface area contributed by atoms with Gasteiger partial charge in [-0.05, 0) is 25.1 Å². The van der Waals surface area contributed by atoms with E-state index in [4.69, 9.17) is 19.4 Å². The Kier molecular flexibility index (Phi) is 4.44. The lowest BCUT2D eigenvalue weighted by atomic mass is 9.86. The largest absolute Gasteiger partial charge is 0.495 e. The van der Waals surface area contributed by atoms with Gasteiger partial charge in [-0.15, -0.1) is 5.10 Å². The lowest BCUT2D eigenvalue weighted by Gasteiger charge is -2.55. The number of anilines is 3. The predicted octanol–water partition coefficient (Wildman–Crippen LogP) is 2.86. The average molecular weight is 444 g/mol. The molecule has 168 valence electrons. The van der Waals surface area contributed by atoms with Gasteiger partial charge in [0.05, 0.1) is 44.4 Å². The highest BCUT2D eigenvalue weighted by atomic mass is 16.5. The predicted molar refractivity (Wildman–Crippen MR) is 124 cm³/mol. The van der Waals surface area contributed by atoms with Crippen LogP contribution in [-0.2, 0) is 11.8 Å². The molecular weight excluding hydrogens is 420 g/mol. The lowest BCUT2D eigenvalue weighted by Crippen LogP contribution is -2.68. The Morgan fingerprint density at radius 3 is 2.70 bits per heavy atom. The fourth-order valence-corrected chi connectivity index (χ4v) is 4.50. The van der Waals surface area contributed by atoms with Gasteiger partial charge in [0.2, 0.25) is 5.95 Å². The van der Waals surface area contributed by atoms with Gasteiger partial charge in [0.15, 0.2) is 5.82 Å². The molecule has 3 aromatic heterocycles. The van der Waals surface area contributed by atoms with E-state index >= 15 is 0 Å². The summed E-state index contributed by atoms with van der Waals surface area (Å²) in [6, 6.07) is 7.88. The molecule has 5 heterocycles. The van der Waals surface area contributed by atoms with E-state index < -0.39 is 0 Å². The molecule has 1 spiro atoms. The number of rotatable bonds is 5. The third kappa shape index (κ3) is 3.34. The second-order valence-electron chi connectivity index (χ2n) is 8.64. The number of nitrogens with zero attached hydrogens (tertiary/aromatic N) is 7. The molecule has 10 heteroatoms. The Balaban J connectivity index is 1.32. The maximum atomic E-state index is 5.78. The Labute approximate surface area is 190 Å². The van der Waals surface area contributed by atoms with Crippen LogP contribution in [-0.4, -0.2) is 62.4 Å². The molecule has 0 atom stereocenters. The summed E-state index contributed by atoms with van der Waals surface area (Å²) in [6.45, 7) is 4.55. The Morgan fingerprint density at radius 1 is 1.15 bits per heavy atom. The summed E-state index contributed by atoms with van der Waals surface area (Å²) in [5.41, 5.74) is 4.41. The van der Waals surface area contributed by atoms with Crippen molar-refractivity contribution in [3.05, 3.63) is 42.4 Å². The summed E-state index contributed by atoms with van der Waals surface area (Å²) in [4.78, 5) is 16.4. The van der Waals surface area contributed by atoms with Crippen LogP contribution in [0.1, 0.15) is 12.1 Å². The van der Waals surface area contributed by atoms with E-state index in [9.17, 15) is 0 Å². The van der Waals surface area contributed by atoms with Crippen LogP contribution >= 0.6 is 0 Å². The molecule has 4 aromatic rings. The number of methoxy groups -OCH3 is 1. The van der Waals surface area contributed by atoms with Crippen LogP contribution in [0.5, 0.6) is 5.75 Å². The Bertz CT molecular complexity index is 1360. The molecule has 0 aliphatic carbocycles. The molecule has 1 aromatic carbocycles. The number of nitrogens with one attached hydrogen (secondary N) is 1. The smallest absolute Gasteiger partial charge is 0.227 e. The van der Waals surface area contributed by atoms with Gasteiger partial charge in [-0.25, -0.2) is 19.6 Å². The molecule has 33 heavy (non-hydrogen) atoms. The molecule has 10 nitrogen and oxygen atoms in total. The van der Waals surface area contributed by atoms with Crippen LogP contribution in [0.3, 0.4) is 0 Å². The highest BCUT2D eigenvalue weighted by molar-refractivity contribution is 5.90. The van der Waals surface area contributed by atoms with Crippen LogP contribution in [0, 0.1) is 6.92 Å². The maximum Gasteiger partial charge on any atom is 0.227 e. The van der Waals surface area contributed by atoms with Crippen LogP contribution in [0.15, 0.2) is 36.7 Å². The number of hydrogen-bond acceptors (Lipinski definition) is 9. The van der Waals surface area contributed by atoms with E-state index in [-0.39, 0.29) is 5.60 Å². The van der Waals surface area contributed by atoms with Gasteiger partial charge in [0, 0.05) is 36.3 Å². The minimum absolute atomic E-state index is 0.0182. The van der Waals surface area contributed by atoms with Crippen molar-refractivity contribution in [1.29, 1.82) is 0 Å². The quantitative estimate of drug-likeness (QED) is 0.498. The fourth-order valence-electron chi connectivity index (χ4n) is 4.50. The number of hydrogen-bond donors (Lipinski definition) is 1. The summed E-state index contributed by atoms with van der Waals surface area (Å²) in [5.74, 6) is 2.03. The van der Waals surface area contributed by atoms with Crippen LogP contribution in [0.4, 0.5) is 17.5 Å². The number of aromatic nitrogens is 6. The number of aryl methyl sites for hydroxylation is 2. The number of ether oxygens (including phenoxy) is 2. The standard InChI is InChI=1S/C23H24N8O2/c1-14-8-16-10-24-22(28-20(16)21(26-14)31-12-23(13-31)6-7-33-23)27-17-5-4-15(9-19(17)32-3)18-11-25-29-30(18)2/h4-5,8-11H,6-7,12-13H2,1-3H3,(H,24,27,28). The van der Waals surface area contributed by atoms with E-state index in [0.717, 1.165) is 65.5 Å². The van der Waals surface area contributed by atoms with Gasteiger partial charge in [-0.3, -0.25) is 0 Å². The van der Waals surface area contributed by atoms with Gasteiger partial charge in [-0.2, -0.15) is 0 Å². The van der Waals surface area contributed by atoms with Gasteiger partial charge in [0.1, 0.15) is 16.9 Å². The normalized spacial score (nSPS) is 16.5. The molecule has 2 aliphatic rings. The third-order valence-electron chi connectivity index (χ3n) is 6.36. The van der Waals surface area contributed by atoms with Gasteiger partial charge in [0.25, 0.3) is 0 Å². The Hall–Kier alpha value is -3.79. The topological polar surface area (TPSA) is 103 Å². The SMILES string of the molecule is COc1cc(-c2cnnn2C)ccc1Nc1ncc2cc(C)nc(N3CC4(CCO4)C3)c2n1. The van der Waals surface area contributed by atoms with E-state index in [2.05, 4.69) is 25.5 Å². The summed E-state index contributed by atoms with van der Waals surface area (Å²) in [6.07, 6.45) is 4.67. The summed E-state index contributed by atoms with van der Waals surface area (Å²) in [5, 5.41) is 12.2. The zero-order chi connectivity index (χ0) is 22.6. The average Bonchev–Trinajstić information content (AvgIpc) is 3.18. The van der Waals surface area contributed by atoms with E-state index in [0.29, 0.717) is 11.7 Å². The minimum atomic E-state index is 0.0182. The van der Waals surface area contributed by atoms with Crippen LogP contribution in [0.2, 0.25) is 0 Å². The first-order valence-electron chi connectivity index (χ1n) is 10.9. The zero-order valence-electron chi connectivity index (χ0n) is 18.7. The molecule has 0 radical (unpaired) electrons. The number of benzene rings is 1. The molecule has 1 N–H and O–H groups in total. The second kappa shape index (κ2) is 7.38. The highest BCUT2D eigenvalue weighted by Crippen LogP contribution is 2.40. The van der Waals surface area contributed by atoms with Gasteiger partial charge in [-0.1, -0.05) is 11.3 Å². The first-order valence-corrected chi connectivity index (χ1v) is 10.9. The molecule has 0 bridgehead atoms. The van der Waals surface area contributed by atoms with E-state index in [1.807, 2.05) is 44.4 Å². The first kappa shape index (κ1) is 19.9. The number of fused-ring (bicyclic) bond motifs is 1. The molecule has 0 saturated carbocycles. The van der Waals surface area contributed by atoms with Gasteiger partial charge < -0.3 is 19.7 Å². The van der Waals surface area contributed by atoms with Gasteiger partial charge >= 0.3 is 0 Å². The van der Waals surface area contributed by atoms with Crippen molar-refractivity contribution in [2.75, 3.05) is 37.0 Å².